The van der Waals surface area contributed by atoms with Crippen LogP contribution in [0.25, 0.3) is 0 Å². The van der Waals surface area contributed by atoms with E-state index in [4.69, 9.17) is 4.74 Å². The Bertz CT molecular complexity index is 450. The summed E-state index contributed by atoms with van der Waals surface area (Å²) in [6.07, 6.45) is 0.982. The molecular weight excluding hydrogens is 244 g/mol. The van der Waals surface area contributed by atoms with E-state index >= 15 is 0 Å². The van der Waals surface area contributed by atoms with Crippen LogP contribution >= 0.6 is 0 Å². The molecule has 0 aromatic carbocycles. The van der Waals surface area contributed by atoms with Crippen LogP contribution in [0.2, 0.25) is 0 Å². The van der Waals surface area contributed by atoms with E-state index in [1.165, 1.54) is 0 Å². The van der Waals surface area contributed by atoms with Crippen molar-refractivity contribution in [3.8, 4) is 0 Å². The summed E-state index contributed by atoms with van der Waals surface area (Å²) in [6, 6.07) is 0. The minimum Gasteiger partial charge on any atom is -0.384 e. The van der Waals surface area contributed by atoms with Gasteiger partial charge in [-0.05, 0) is 6.42 Å². The van der Waals surface area contributed by atoms with Crippen LogP contribution in [0.15, 0.2) is 0 Å². The predicted molar refractivity (Wildman–Crippen MR) is 71.0 cm³/mol. The van der Waals surface area contributed by atoms with Crippen LogP contribution in [-0.4, -0.2) is 52.8 Å². The molecule has 2 heterocycles. The molecule has 1 aromatic heterocycles. The summed E-state index contributed by atoms with van der Waals surface area (Å²) in [6.45, 7) is 8.29. The summed E-state index contributed by atoms with van der Waals surface area (Å²) in [4.78, 5) is 18.4. The van der Waals surface area contributed by atoms with Crippen LogP contribution in [0.3, 0.4) is 0 Å². The number of carbonyl (C=O) groups is 1. The number of aromatic amines is 1. The van der Waals surface area contributed by atoms with Crippen molar-refractivity contribution in [2.45, 2.75) is 32.6 Å². The molecule has 6 heteroatoms. The van der Waals surface area contributed by atoms with E-state index in [-0.39, 0.29) is 17.1 Å². The zero-order chi connectivity index (χ0) is 14.0. The molecule has 0 radical (unpaired) electrons. The maximum absolute atomic E-state index is 12.3. The Hall–Kier alpha value is -1.43. The molecule has 0 bridgehead atoms. The van der Waals surface area contributed by atoms with Crippen molar-refractivity contribution in [1.82, 2.24) is 20.1 Å². The van der Waals surface area contributed by atoms with Crippen LogP contribution in [0.4, 0.5) is 0 Å². The van der Waals surface area contributed by atoms with Gasteiger partial charge in [0.2, 0.25) is 5.82 Å². The highest BCUT2D eigenvalue weighted by Crippen LogP contribution is 2.20. The lowest BCUT2D eigenvalue weighted by Gasteiger charge is -2.15. The highest BCUT2D eigenvalue weighted by atomic mass is 16.5. The molecule has 1 amide bonds. The first-order chi connectivity index (χ1) is 8.91. The Morgan fingerprint density at radius 3 is 2.84 bits per heavy atom. The fourth-order valence-electron chi connectivity index (χ4n) is 2.22. The van der Waals surface area contributed by atoms with Crippen molar-refractivity contribution in [3.63, 3.8) is 0 Å². The Kier molecular flexibility index (Phi) is 3.89. The van der Waals surface area contributed by atoms with Gasteiger partial charge in [0.25, 0.3) is 5.91 Å². The molecule has 1 saturated heterocycles. The molecule has 1 aromatic rings. The standard InChI is InChI=1S/C13H22N4O2/c1-13(2,3)12-14-10(15-16-12)11(18)17-6-5-9(7-17)8-19-4/h9H,5-8H2,1-4H3,(H,14,15,16). The average Bonchev–Trinajstić information content (AvgIpc) is 2.96. The number of carbonyl (C=O) groups excluding carboxylic acids is 1. The number of H-pyrrole nitrogens is 1. The van der Waals surface area contributed by atoms with Gasteiger partial charge < -0.3 is 9.64 Å². The highest BCUT2D eigenvalue weighted by Gasteiger charge is 2.30. The summed E-state index contributed by atoms with van der Waals surface area (Å²) in [7, 11) is 1.69. The average molecular weight is 266 g/mol. The molecule has 1 aliphatic rings. The number of likely N-dealkylation sites (tertiary alicyclic amines) is 1. The number of nitrogens with zero attached hydrogens (tertiary/aromatic N) is 3. The second-order valence-corrected chi connectivity index (χ2v) is 6.12. The van der Waals surface area contributed by atoms with Gasteiger partial charge >= 0.3 is 0 Å². The first-order valence-electron chi connectivity index (χ1n) is 6.63. The van der Waals surface area contributed by atoms with Crippen molar-refractivity contribution < 1.29 is 9.53 Å². The highest BCUT2D eigenvalue weighted by molar-refractivity contribution is 5.90. The Balaban J connectivity index is 2.03. The quantitative estimate of drug-likeness (QED) is 0.892. The second-order valence-electron chi connectivity index (χ2n) is 6.12. The number of ether oxygens (including phenoxy) is 1. The number of amides is 1. The second kappa shape index (κ2) is 5.28. The van der Waals surface area contributed by atoms with E-state index in [0.717, 1.165) is 25.3 Å². The summed E-state index contributed by atoms with van der Waals surface area (Å²) in [5, 5.41) is 6.89. The van der Waals surface area contributed by atoms with Gasteiger partial charge in [0.15, 0.2) is 0 Å². The van der Waals surface area contributed by atoms with Crippen LogP contribution in [-0.2, 0) is 10.2 Å². The number of methoxy groups -OCH3 is 1. The van der Waals surface area contributed by atoms with Gasteiger partial charge in [-0.3, -0.25) is 9.89 Å². The van der Waals surface area contributed by atoms with Gasteiger partial charge in [0.05, 0.1) is 6.61 Å². The zero-order valence-electron chi connectivity index (χ0n) is 12.1. The van der Waals surface area contributed by atoms with Crippen LogP contribution < -0.4 is 0 Å². The molecule has 19 heavy (non-hydrogen) atoms. The van der Waals surface area contributed by atoms with Gasteiger partial charge in [-0.15, -0.1) is 5.10 Å². The third-order valence-corrected chi connectivity index (χ3v) is 3.36. The van der Waals surface area contributed by atoms with Gasteiger partial charge in [-0.25, -0.2) is 4.98 Å². The Morgan fingerprint density at radius 1 is 1.53 bits per heavy atom. The van der Waals surface area contributed by atoms with Crippen molar-refractivity contribution in [1.29, 1.82) is 0 Å². The van der Waals surface area contributed by atoms with Crippen LogP contribution in [0, 0.1) is 5.92 Å². The van der Waals surface area contributed by atoms with E-state index < -0.39 is 0 Å². The van der Waals surface area contributed by atoms with Crippen molar-refractivity contribution in [3.05, 3.63) is 11.6 Å². The largest absolute Gasteiger partial charge is 0.384 e. The van der Waals surface area contributed by atoms with Crippen LogP contribution in [0.1, 0.15) is 43.6 Å². The molecule has 2 rings (SSSR count). The molecule has 1 N–H and O–H groups in total. The van der Waals surface area contributed by atoms with Gasteiger partial charge in [-0.2, -0.15) is 0 Å². The topological polar surface area (TPSA) is 71.1 Å². The lowest BCUT2D eigenvalue weighted by molar-refractivity contribution is 0.0764. The van der Waals surface area contributed by atoms with Crippen molar-refractivity contribution >= 4 is 5.91 Å². The first-order valence-corrected chi connectivity index (χ1v) is 6.63. The SMILES string of the molecule is COCC1CCN(C(=O)c2n[nH]c(C(C)(C)C)n2)C1. The summed E-state index contributed by atoms with van der Waals surface area (Å²) in [5.41, 5.74) is -0.130. The minimum atomic E-state index is -0.130. The predicted octanol–water partition coefficient (Wildman–Crippen LogP) is 1.21. The fraction of sp³-hybridized carbons (Fsp3) is 0.769. The molecule has 106 valence electrons. The van der Waals surface area contributed by atoms with Gasteiger partial charge in [-0.1, -0.05) is 20.8 Å². The summed E-state index contributed by atoms with van der Waals surface area (Å²) in [5.74, 6) is 1.34. The van der Waals surface area contributed by atoms with Crippen molar-refractivity contribution in [2.75, 3.05) is 26.8 Å². The Morgan fingerprint density at radius 2 is 2.26 bits per heavy atom. The molecule has 0 saturated carbocycles. The maximum Gasteiger partial charge on any atom is 0.293 e. The first kappa shape index (κ1) is 14.0. The van der Waals surface area contributed by atoms with E-state index in [1.807, 2.05) is 20.8 Å². The smallest absolute Gasteiger partial charge is 0.293 e. The number of hydrogen-bond acceptors (Lipinski definition) is 4. The monoisotopic (exact) mass is 266 g/mol. The maximum atomic E-state index is 12.3. The summed E-state index contributed by atoms with van der Waals surface area (Å²) >= 11 is 0. The number of aromatic nitrogens is 3. The molecule has 0 aliphatic carbocycles. The van der Waals surface area contributed by atoms with E-state index in [9.17, 15) is 4.79 Å². The summed E-state index contributed by atoms with van der Waals surface area (Å²) < 4.78 is 5.13. The molecule has 1 aliphatic heterocycles. The van der Waals surface area contributed by atoms with Crippen LogP contribution in [0.5, 0.6) is 0 Å². The van der Waals surface area contributed by atoms with E-state index in [1.54, 1.807) is 12.0 Å². The third kappa shape index (κ3) is 3.12. The molecular formula is C13H22N4O2. The van der Waals surface area contributed by atoms with Crippen molar-refractivity contribution in [2.24, 2.45) is 5.92 Å². The number of nitrogens with one attached hydrogen (secondary N) is 1. The molecule has 1 atom stereocenters. The number of rotatable bonds is 3. The minimum absolute atomic E-state index is 0.0923. The molecule has 0 spiro atoms. The normalized spacial score (nSPS) is 20.0. The Labute approximate surface area is 113 Å². The molecule has 1 fully saturated rings. The lowest BCUT2D eigenvalue weighted by Crippen LogP contribution is -2.30. The zero-order valence-corrected chi connectivity index (χ0v) is 12.1. The lowest BCUT2D eigenvalue weighted by atomic mass is 9.96. The number of hydrogen-bond donors (Lipinski definition) is 1. The van der Waals surface area contributed by atoms with E-state index in [2.05, 4.69) is 15.2 Å². The van der Waals surface area contributed by atoms with Gasteiger partial charge in [0.1, 0.15) is 5.82 Å². The fourth-order valence-corrected chi connectivity index (χ4v) is 2.22. The van der Waals surface area contributed by atoms with E-state index in [0.29, 0.717) is 12.5 Å². The molecule has 6 nitrogen and oxygen atoms in total. The van der Waals surface area contributed by atoms with Gasteiger partial charge in [0, 0.05) is 31.5 Å². The third-order valence-electron chi connectivity index (χ3n) is 3.36. The molecule has 1 unspecified atom stereocenters.